The van der Waals surface area contributed by atoms with Crippen molar-refractivity contribution in [2.75, 3.05) is 0 Å². The maximum atomic E-state index is 4.50. The summed E-state index contributed by atoms with van der Waals surface area (Å²) < 4.78 is 1.94. The molecule has 0 aliphatic rings. The third kappa shape index (κ3) is 3.80. The molecule has 6 heteroatoms. The standard InChI is InChI=1S/C21H21N5S/c1-14-6-4-8-17(10-14)19-12-20(24-23-19)18-9-5-7-16(11-18)15(2)27-21-25-22-13-26(21)3/h4-13,15H,1-3H3,(H,23,24). The Hall–Kier alpha value is -2.86. The largest absolute Gasteiger partial charge is 0.312 e. The van der Waals surface area contributed by atoms with Gasteiger partial charge in [-0.2, -0.15) is 5.10 Å². The van der Waals surface area contributed by atoms with Crippen LogP contribution >= 0.6 is 11.8 Å². The fourth-order valence-corrected chi connectivity index (χ4v) is 3.89. The van der Waals surface area contributed by atoms with Gasteiger partial charge in [-0.15, -0.1) is 10.2 Å². The molecule has 27 heavy (non-hydrogen) atoms. The predicted molar refractivity (Wildman–Crippen MR) is 109 cm³/mol. The van der Waals surface area contributed by atoms with Crippen LogP contribution in [-0.4, -0.2) is 25.0 Å². The third-order valence-corrected chi connectivity index (χ3v) is 5.72. The van der Waals surface area contributed by atoms with Crippen LogP contribution < -0.4 is 0 Å². The average Bonchev–Trinajstić information content (AvgIpc) is 3.32. The number of benzene rings is 2. The number of hydrogen-bond donors (Lipinski definition) is 1. The molecule has 0 fully saturated rings. The van der Waals surface area contributed by atoms with Crippen molar-refractivity contribution < 1.29 is 0 Å². The summed E-state index contributed by atoms with van der Waals surface area (Å²) in [5, 5.41) is 17.0. The zero-order chi connectivity index (χ0) is 18.8. The molecule has 2 aromatic heterocycles. The van der Waals surface area contributed by atoms with Gasteiger partial charge in [0.2, 0.25) is 0 Å². The highest BCUT2D eigenvalue weighted by atomic mass is 32.2. The highest BCUT2D eigenvalue weighted by Crippen LogP contribution is 2.35. The predicted octanol–water partition coefficient (Wildman–Crippen LogP) is 5.03. The van der Waals surface area contributed by atoms with Crippen molar-refractivity contribution in [3.05, 3.63) is 72.1 Å². The van der Waals surface area contributed by atoms with Gasteiger partial charge in [-0.25, -0.2) is 0 Å². The molecule has 0 spiro atoms. The number of rotatable bonds is 5. The number of hydrogen-bond acceptors (Lipinski definition) is 4. The number of H-pyrrole nitrogens is 1. The van der Waals surface area contributed by atoms with Gasteiger partial charge in [-0.3, -0.25) is 5.10 Å². The van der Waals surface area contributed by atoms with E-state index in [0.717, 1.165) is 27.7 Å². The Kier molecular flexibility index (Phi) is 4.81. The molecule has 136 valence electrons. The topological polar surface area (TPSA) is 59.4 Å². The van der Waals surface area contributed by atoms with E-state index in [0.29, 0.717) is 0 Å². The van der Waals surface area contributed by atoms with Crippen molar-refractivity contribution in [1.82, 2.24) is 25.0 Å². The molecule has 1 N–H and O–H groups in total. The summed E-state index contributed by atoms with van der Waals surface area (Å²) in [7, 11) is 1.96. The summed E-state index contributed by atoms with van der Waals surface area (Å²) in [5.41, 5.74) is 6.70. The summed E-state index contributed by atoms with van der Waals surface area (Å²) in [5.74, 6) is 0. The molecule has 4 rings (SSSR count). The second-order valence-electron chi connectivity index (χ2n) is 6.65. The van der Waals surface area contributed by atoms with E-state index in [4.69, 9.17) is 0 Å². The van der Waals surface area contributed by atoms with E-state index in [1.807, 2.05) is 11.6 Å². The third-order valence-electron chi connectivity index (χ3n) is 4.51. The van der Waals surface area contributed by atoms with Crippen molar-refractivity contribution in [3.63, 3.8) is 0 Å². The molecule has 0 saturated heterocycles. The number of aryl methyl sites for hydroxylation is 2. The van der Waals surface area contributed by atoms with Crippen molar-refractivity contribution in [2.45, 2.75) is 24.3 Å². The van der Waals surface area contributed by atoms with Gasteiger partial charge in [-0.1, -0.05) is 53.7 Å². The van der Waals surface area contributed by atoms with Crippen LogP contribution in [-0.2, 0) is 7.05 Å². The van der Waals surface area contributed by atoms with Crippen molar-refractivity contribution in [1.29, 1.82) is 0 Å². The SMILES string of the molecule is Cc1cccc(-c2cc(-c3cccc(C(C)Sc4nncn4C)c3)[nH]n2)c1. The minimum atomic E-state index is 0.270. The number of aromatic nitrogens is 5. The van der Waals surface area contributed by atoms with Crippen LogP contribution in [0.3, 0.4) is 0 Å². The quantitative estimate of drug-likeness (QED) is 0.497. The minimum Gasteiger partial charge on any atom is -0.312 e. The van der Waals surface area contributed by atoms with Gasteiger partial charge in [0.1, 0.15) is 6.33 Å². The molecule has 5 nitrogen and oxygen atoms in total. The molecule has 0 aliphatic heterocycles. The minimum absolute atomic E-state index is 0.270. The second kappa shape index (κ2) is 7.40. The van der Waals surface area contributed by atoms with Gasteiger partial charge < -0.3 is 4.57 Å². The number of thioether (sulfide) groups is 1. The molecule has 0 bridgehead atoms. The molecule has 2 aromatic carbocycles. The Bertz CT molecular complexity index is 1070. The van der Waals surface area contributed by atoms with Crippen LogP contribution in [0.4, 0.5) is 0 Å². The molecule has 1 unspecified atom stereocenters. The van der Waals surface area contributed by atoms with Crippen LogP contribution in [0.25, 0.3) is 22.5 Å². The summed E-state index contributed by atoms with van der Waals surface area (Å²) in [6.45, 7) is 4.28. The normalized spacial score (nSPS) is 12.3. The maximum absolute atomic E-state index is 4.50. The lowest BCUT2D eigenvalue weighted by Gasteiger charge is -2.11. The van der Waals surface area contributed by atoms with E-state index in [-0.39, 0.29) is 5.25 Å². The Morgan fingerprint density at radius 1 is 1.04 bits per heavy atom. The van der Waals surface area contributed by atoms with E-state index < -0.39 is 0 Å². The Balaban J connectivity index is 1.58. The zero-order valence-electron chi connectivity index (χ0n) is 15.5. The Labute approximate surface area is 162 Å². The van der Waals surface area contributed by atoms with Crippen molar-refractivity contribution >= 4 is 11.8 Å². The second-order valence-corrected chi connectivity index (χ2v) is 7.95. The molecule has 2 heterocycles. The molecular weight excluding hydrogens is 354 g/mol. The first kappa shape index (κ1) is 17.5. The number of nitrogens with zero attached hydrogens (tertiary/aromatic N) is 4. The number of nitrogens with one attached hydrogen (secondary N) is 1. The van der Waals surface area contributed by atoms with Crippen LogP contribution in [0.5, 0.6) is 0 Å². The fraction of sp³-hybridized carbons (Fsp3) is 0.190. The highest BCUT2D eigenvalue weighted by Gasteiger charge is 2.13. The maximum Gasteiger partial charge on any atom is 0.191 e. The number of aromatic amines is 1. The van der Waals surface area contributed by atoms with Crippen LogP contribution in [0, 0.1) is 6.92 Å². The Morgan fingerprint density at radius 2 is 1.85 bits per heavy atom. The van der Waals surface area contributed by atoms with Gasteiger partial charge in [0.25, 0.3) is 0 Å². The summed E-state index contributed by atoms with van der Waals surface area (Å²) in [6, 6.07) is 19.0. The summed E-state index contributed by atoms with van der Waals surface area (Å²) in [4.78, 5) is 0. The van der Waals surface area contributed by atoms with Gasteiger partial charge in [-0.05, 0) is 43.2 Å². The molecule has 0 radical (unpaired) electrons. The van der Waals surface area contributed by atoms with Gasteiger partial charge >= 0.3 is 0 Å². The molecular formula is C21H21N5S. The van der Waals surface area contributed by atoms with Crippen LogP contribution in [0.1, 0.15) is 23.3 Å². The monoisotopic (exact) mass is 375 g/mol. The summed E-state index contributed by atoms with van der Waals surface area (Å²) >= 11 is 1.70. The van der Waals surface area contributed by atoms with E-state index in [2.05, 4.69) is 88.8 Å². The van der Waals surface area contributed by atoms with Gasteiger partial charge in [0.05, 0.1) is 11.4 Å². The lowest BCUT2D eigenvalue weighted by Crippen LogP contribution is -1.94. The van der Waals surface area contributed by atoms with Gasteiger partial charge in [0.15, 0.2) is 5.16 Å². The van der Waals surface area contributed by atoms with Crippen LogP contribution in [0.15, 0.2) is 66.1 Å². The molecule has 0 saturated carbocycles. The Morgan fingerprint density at radius 3 is 2.63 bits per heavy atom. The highest BCUT2D eigenvalue weighted by molar-refractivity contribution is 7.99. The smallest absolute Gasteiger partial charge is 0.191 e. The molecule has 0 aliphatic carbocycles. The first-order chi connectivity index (χ1) is 13.1. The molecule has 1 atom stereocenters. The van der Waals surface area contributed by atoms with E-state index in [9.17, 15) is 0 Å². The fourth-order valence-electron chi connectivity index (χ4n) is 2.99. The van der Waals surface area contributed by atoms with Crippen molar-refractivity contribution in [3.8, 4) is 22.5 Å². The zero-order valence-corrected chi connectivity index (χ0v) is 16.4. The lowest BCUT2D eigenvalue weighted by molar-refractivity contribution is 0.785. The van der Waals surface area contributed by atoms with E-state index in [1.165, 1.54) is 11.1 Å². The van der Waals surface area contributed by atoms with Crippen LogP contribution in [0.2, 0.25) is 0 Å². The lowest BCUT2D eigenvalue weighted by atomic mass is 10.0. The van der Waals surface area contributed by atoms with E-state index >= 15 is 0 Å². The molecule has 0 amide bonds. The first-order valence-corrected chi connectivity index (χ1v) is 9.71. The van der Waals surface area contributed by atoms with E-state index in [1.54, 1.807) is 18.1 Å². The van der Waals surface area contributed by atoms with Gasteiger partial charge in [0, 0.05) is 17.9 Å². The first-order valence-electron chi connectivity index (χ1n) is 8.83. The summed E-state index contributed by atoms with van der Waals surface area (Å²) in [6.07, 6.45) is 1.73. The average molecular weight is 376 g/mol. The van der Waals surface area contributed by atoms with Crippen molar-refractivity contribution in [2.24, 2.45) is 7.05 Å². The molecule has 4 aromatic rings.